The Morgan fingerprint density at radius 2 is 1.54 bits per heavy atom. The van der Waals surface area contributed by atoms with Crippen molar-refractivity contribution in [2.45, 2.75) is 175 Å². The van der Waals surface area contributed by atoms with Gasteiger partial charge < -0.3 is 49.6 Å². The number of carbonyl (C=O) groups is 2. The smallest absolute Gasteiger partial charge is 0.550 e. The van der Waals surface area contributed by atoms with Crippen LogP contribution in [0.5, 0.6) is 0 Å². The van der Waals surface area contributed by atoms with Gasteiger partial charge in [-0.1, -0.05) is 46.3 Å². The molecule has 4 aliphatic carbocycles. The van der Waals surface area contributed by atoms with Crippen molar-refractivity contribution >= 4 is 11.9 Å². The van der Waals surface area contributed by atoms with E-state index >= 15 is 0 Å². The van der Waals surface area contributed by atoms with E-state index in [1.165, 1.54) is 0 Å². The van der Waals surface area contributed by atoms with Gasteiger partial charge in [0.05, 0.1) is 24.2 Å². The van der Waals surface area contributed by atoms with Crippen molar-refractivity contribution in [1.82, 2.24) is 0 Å². The van der Waals surface area contributed by atoms with Gasteiger partial charge in [0.2, 0.25) is 0 Å². The average Bonchev–Trinajstić information content (AvgIpc) is 3.43. The number of carboxylic acids is 1. The molecule has 4 unspecified atom stereocenters. The Balaban J connectivity index is 0.00000605. The molecule has 0 aromatic heterocycles. The van der Waals surface area contributed by atoms with Crippen LogP contribution in [0.25, 0.3) is 0 Å². The van der Waals surface area contributed by atoms with Gasteiger partial charge in [0.1, 0.15) is 31.0 Å². The number of carboxylic acid groups (broad SMARTS) is 1. The minimum Gasteiger partial charge on any atom is -0.550 e. The van der Waals surface area contributed by atoms with Gasteiger partial charge in [-0.2, -0.15) is 0 Å². The Hall–Kier alpha value is -0.600. The molecule has 11 nitrogen and oxygen atoms in total. The molecule has 1 heterocycles. The van der Waals surface area contributed by atoms with E-state index < -0.39 is 73.8 Å². The van der Waals surface area contributed by atoms with Gasteiger partial charge in [0.15, 0.2) is 6.29 Å². The standard InChI is InChI=1S/C40H66O11.Na/c1-22(2)10-9-16-40(8,51-35-34(48)33(47)32(46)25(50-35)21-49-30(45)12-11-29(43)44)23-13-18-39(7)31(23)24(41)20-27-37(5)17-15-28(42)36(3,4)26(37)14-19-38(27,39)6;/h10,23-28,31-35,41-42,46-48H,9,11-21H2,1-8H3,(H,43,44);/q;+1/p-1/t23?,24-,25-,26?,27?,28+,31?,32-,33+,34-,35+,37+,38-,39-,40+;/m1./s1. The summed E-state index contributed by atoms with van der Waals surface area (Å²) in [6, 6.07) is 0. The van der Waals surface area contributed by atoms with E-state index in [1.54, 1.807) is 0 Å². The molecule has 1 aliphatic heterocycles. The van der Waals surface area contributed by atoms with Crippen LogP contribution in [0, 0.1) is 45.3 Å². The maximum absolute atomic E-state index is 12.3. The van der Waals surface area contributed by atoms with Crippen LogP contribution < -0.4 is 34.7 Å². The monoisotopic (exact) mass is 744 g/mol. The molecule has 292 valence electrons. The van der Waals surface area contributed by atoms with Crippen LogP contribution in [0.15, 0.2) is 11.6 Å². The van der Waals surface area contributed by atoms with Crippen LogP contribution in [0.4, 0.5) is 0 Å². The normalized spacial score (nSPS) is 44.9. The number of aliphatic carboxylic acids is 1. The number of aliphatic hydroxyl groups is 5. The van der Waals surface area contributed by atoms with Gasteiger partial charge in [-0.15, -0.1) is 0 Å². The SMILES string of the molecule is CC(C)=CCC[C@](C)(O[C@@H]1O[C@H](COC(=O)CCC(=O)[O-])[C@@H](O)[C@H](O)[C@H]1O)C1CC[C@]2(C)C1[C@H](O)CC1[C@@]3(C)CC[C@H](O)C(C)(C)C3CC[C@]12C.[Na+]. The Morgan fingerprint density at radius 3 is 2.17 bits per heavy atom. The number of ether oxygens (including phenoxy) is 3. The van der Waals surface area contributed by atoms with Crippen LogP contribution in [0.2, 0.25) is 0 Å². The number of aliphatic hydroxyl groups excluding tert-OH is 5. The third kappa shape index (κ3) is 7.72. The Kier molecular flexibility index (Phi) is 13.7. The zero-order chi connectivity index (χ0) is 37.9. The van der Waals surface area contributed by atoms with Gasteiger partial charge in [-0.05, 0) is 130 Å². The maximum Gasteiger partial charge on any atom is 1.00 e. The van der Waals surface area contributed by atoms with Crippen LogP contribution in [-0.4, -0.2) is 92.6 Å². The van der Waals surface area contributed by atoms with Crippen molar-refractivity contribution in [2.24, 2.45) is 45.3 Å². The first-order chi connectivity index (χ1) is 23.6. The Morgan fingerprint density at radius 1 is 0.885 bits per heavy atom. The number of rotatable bonds is 11. The van der Waals surface area contributed by atoms with Gasteiger partial charge >= 0.3 is 35.5 Å². The molecule has 1 saturated heterocycles. The number of hydrogen-bond acceptors (Lipinski definition) is 11. The predicted octanol–water partition coefficient (Wildman–Crippen LogP) is 0.410. The number of hydrogen-bond donors (Lipinski definition) is 5. The molecule has 0 spiro atoms. The second kappa shape index (κ2) is 16.1. The minimum atomic E-state index is -1.65. The molecule has 5 fully saturated rings. The first-order valence-corrected chi connectivity index (χ1v) is 19.3. The molecule has 52 heavy (non-hydrogen) atoms. The maximum atomic E-state index is 12.3. The molecular weight excluding hydrogens is 679 g/mol. The summed E-state index contributed by atoms with van der Waals surface area (Å²) < 4.78 is 18.0. The van der Waals surface area contributed by atoms with Crippen molar-refractivity contribution in [3.8, 4) is 0 Å². The van der Waals surface area contributed by atoms with E-state index in [2.05, 4.69) is 40.7 Å². The number of carbonyl (C=O) groups excluding carboxylic acids is 2. The molecule has 0 radical (unpaired) electrons. The molecule has 0 amide bonds. The van der Waals surface area contributed by atoms with Crippen LogP contribution in [0.1, 0.15) is 126 Å². The Bertz CT molecular complexity index is 1320. The quantitative estimate of drug-likeness (QED) is 0.112. The average molecular weight is 745 g/mol. The summed E-state index contributed by atoms with van der Waals surface area (Å²) in [5, 5.41) is 67.0. The van der Waals surface area contributed by atoms with Crippen molar-refractivity contribution < 1.29 is 84.0 Å². The zero-order valence-corrected chi connectivity index (χ0v) is 35.1. The molecule has 15 atom stereocenters. The third-order valence-corrected chi connectivity index (χ3v) is 15.3. The number of esters is 1. The molecule has 4 saturated carbocycles. The van der Waals surface area contributed by atoms with Gasteiger partial charge in [-0.25, -0.2) is 0 Å². The molecule has 5 rings (SSSR count). The molecule has 0 bridgehead atoms. The second-order valence-corrected chi connectivity index (χ2v) is 18.7. The van der Waals surface area contributed by atoms with Crippen LogP contribution in [0.3, 0.4) is 0 Å². The summed E-state index contributed by atoms with van der Waals surface area (Å²) in [5.74, 6) is -1.78. The molecule has 5 N–H and O–H groups in total. The minimum absolute atomic E-state index is 0. The van der Waals surface area contributed by atoms with E-state index in [0.717, 1.165) is 44.1 Å². The molecule has 0 aromatic rings. The van der Waals surface area contributed by atoms with E-state index in [9.17, 15) is 40.2 Å². The summed E-state index contributed by atoms with van der Waals surface area (Å²) in [5.41, 5.74) is -0.230. The summed E-state index contributed by atoms with van der Waals surface area (Å²) in [7, 11) is 0. The molecule has 12 heteroatoms. The first-order valence-electron chi connectivity index (χ1n) is 19.3. The molecule has 5 aliphatic rings. The summed E-state index contributed by atoms with van der Waals surface area (Å²) in [6.07, 6.45) is 0.240. The fourth-order valence-electron chi connectivity index (χ4n) is 12.3. The fraction of sp³-hybridized carbons (Fsp3) is 0.900. The van der Waals surface area contributed by atoms with Crippen molar-refractivity contribution in [3.05, 3.63) is 11.6 Å². The predicted molar refractivity (Wildman–Crippen MR) is 186 cm³/mol. The van der Waals surface area contributed by atoms with E-state index in [0.29, 0.717) is 31.1 Å². The van der Waals surface area contributed by atoms with Crippen molar-refractivity contribution in [2.75, 3.05) is 6.61 Å². The van der Waals surface area contributed by atoms with Crippen LogP contribution >= 0.6 is 0 Å². The fourth-order valence-corrected chi connectivity index (χ4v) is 12.3. The summed E-state index contributed by atoms with van der Waals surface area (Å²) >= 11 is 0. The third-order valence-electron chi connectivity index (χ3n) is 15.3. The van der Waals surface area contributed by atoms with E-state index in [4.69, 9.17) is 14.2 Å². The molecule has 0 aromatic carbocycles. The first kappa shape index (κ1) is 44.1. The van der Waals surface area contributed by atoms with Crippen LogP contribution in [-0.2, 0) is 23.8 Å². The Labute approximate surface area is 332 Å². The second-order valence-electron chi connectivity index (χ2n) is 18.7. The van der Waals surface area contributed by atoms with Crippen molar-refractivity contribution in [3.63, 3.8) is 0 Å². The van der Waals surface area contributed by atoms with Crippen molar-refractivity contribution in [1.29, 1.82) is 0 Å². The number of allylic oxidation sites excluding steroid dienone is 2. The number of fused-ring (bicyclic) bond motifs is 5. The zero-order valence-electron chi connectivity index (χ0n) is 33.1. The van der Waals surface area contributed by atoms with E-state index in [-0.39, 0.29) is 69.2 Å². The van der Waals surface area contributed by atoms with Gasteiger partial charge in [0.25, 0.3) is 0 Å². The van der Waals surface area contributed by atoms with E-state index in [1.807, 2.05) is 20.8 Å². The van der Waals surface area contributed by atoms with Gasteiger partial charge in [0, 0.05) is 5.97 Å². The van der Waals surface area contributed by atoms with Gasteiger partial charge in [-0.3, -0.25) is 4.79 Å². The summed E-state index contributed by atoms with van der Waals surface area (Å²) in [6.45, 7) is 17.3. The molecular formula is C40H65NaO11. The summed E-state index contributed by atoms with van der Waals surface area (Å²) in [4.78, 5) is 22.9. The largest absolute Gasteiger partial charge is 1.00 e. The topological polar surface area (TPSA) is 186 Å².